The van der Waals surface area contributed by atoms with Crippen LogP contribution in [-0.4, -0.2) is 56.5 Å². The molecule has 5 aliphatic rings. The van der Waals surface area contributed by atoms with Crippen molar-refractivity contribution >= 4 is 68.4 Å². The molecule has 0 spiro atoms. The molecule has 4 amide bonds. The Kier molecular flexibility index (Phi) is 8.14. The van der Waals surface area contributed by atoms with Gasteiger partial charge in [0.15, 0.2) is 44.5 Å². The van der Waals surface area contributed by atoms with Crippen molar-refractivity contribution in [1.29, 1.82) is 0 Å². The van der Waals surface area contributed by atoms with E-state index in [2.05, 4.69) is 15.9 Å². The number of phenols is 1. The number of methoxy groups -OCH3 is 1. The van der Waals surface area contributed by atoms with Crippen molar-refractivity contribution in [1.82, 2.24) is 4.90 Å². The van der Waals surface area contributed by atoms with Gasteiger partial charge in [0.25, 0.3) is 11.8 Å². The first-order chi connectivity index (χ1) is 23.1. The normalized spacial score (nSPS) is 31.6. The van der Waals surface area contributed by atoms with Gasteiger partial charge in [0.1, 0.15) is 5.69 Å². The number of amides is 4. The summed E-state index contributed by atoms with van der Waals surface area (Å²) in [7, 11) is 1.24. The molecule has 4 fully saturated rings. The van der Waals surface area contributed by atoms with Crippen LogP contribution in [0.2, 0.25) is 0 Å². The number of rotatable bonds is 4. The number of allylic oxidation sites excluding steroid dienone is 2. The lowest BCUT2D eigenvalue weighted by atomic mass is 9.56. The molecule has 49 heavy (non-hydrogen) atoms. The number of ether oxygens (including phenoxy) is 1. The number of carbonyl (C=O) groups excluding carboxylic acids is 4. The summed E-state index contributed by atoms with van der Waals surface area (Å²) in [5.74, 6) is -21.8. The van der Waals surface area contributed by atoms with Crippen molar-refractivity contribution in [3.63, 3.8) is 0 Å². The van der Waals surface area contributed by atoms with Gasteiger partial charge in [-0.3, -0.25) is 24.1 Å². The molecule has 0 aromatic heterocycles. The molecular formula is C33H26BrCl2F5N2O6. The molecule has 8 nitrogen and oxygen atoms in total. The summed E-state index contributed by atoms with van der Waals surface area (Å²) in [5, 5.41) is 11.4. The molecule has 3 aliphatic carbocycles. The minimum atomic E-state index is -2.76. The fourth-order valence-corrected chi connectivity index (χ4v) is 9.99. The molecule has 2 saturated carbocycles. The summed E-state index contributed by atoms with van der Waals surface area (Å²) < 4.78 is 79.0. The van der Waals surface area contributed by atoms with Gasteiger partial charge in [-0.15, -0.1) is 23.2 Å². The predicted octanol–water partition coefficient (Wildman–Crippen LogP) is 6.75. The molecule has 7 rings (SSSR count). The summed E-state index contributed by atoms with van der Waals surface area (Å²) in [5.41, 5.74) is -1.79. The minimum absolute atomic E-state index is 0.0123. The second kappa shape index (κ2) is 11.7. The number of anilines is 1. The maximum atomic E-state index is 15.2. The molecule has 2 aliphatic heterocycles. The number of fused-ring (bicyclic) bond motifs is 4. The quantitative estimate of drug-likeness (QED) is 0.0918. The molecule has 0 bridgehead atoms. The number of imide groups is 2. The maximum absolute atomic E-state index is 15.2. The molecule has 2 aromatic rings. The first-order valence-corrected chi connectivity index (χ1v) is 17.1. The Bertz CT molecular complexity index is 1880. The summed E-state index contributed by atoms with van der Waals surface area (Å²) >= 11 is 17.6. The Hall–Kier alpha value is -3.23. The Morgan fingerprint density at radius 1 is 0.878 bits per heavy atom. The van der Waals surface area contributed by atoms with Crippen molar-refractivity contribution in [2.75, 3.05) is 12.0 Å². The minimum Gasteiger partial charge on any atom is -0.504 e. The molecule has 0 radical (unpaired) electrons. The molecule has 1 N–H and O–H groups in total. The van der Waals surface area contributed by atoms with Crippen LogP contribution in [0.4, 0.5) is 27.6 Å². The van der Waals surface area contributed by atoms with E-state index in [1.807, 2.05) is 0 Å². The van der Waals surface area contributed by atoms with E-state index in [-0.39, 0.29) is 38.7 Å². The Morgan fingerprint density at radius 3 is 2.10 bits per heavy atom. The number of benzene rings is 2. The summed E-state index contributed by atoms with van der Waals surface area (Å²) in [6.07, 6.45) is 4.80. The average molecular weight is 792 g/mol. The summed E-state index contributed by atoms with van der Waals surface area (Å²) in [6.45, 7) is 0. The zero-order valence-electron chi connectivity index (χ0n) is 25.5. The van der Waals surface area contributed by atoms with Gasteiger partial charge >= 0.3 is 0 Å². The van der Waals surface area contributed by atoms with Gasteiger partial charge in [0.2, 0.25) is 17.6 Å². The highest BCUT2D eigenvalue weighted by molar-refractivity contribution is 9.10. The van der Waals surface area contributed by atoms with Crippen LogP contribution in [-0.2, 0) is 19.2 Å². The first kappa shape index (κ1) is 34.2. The van der Waals surface area contributed by atoms with Crippen molar-refractivity contribution < 1.29 is 51.0 Å². The van der Waals surface area contributed by atoms with Crippen LogP contribution in [0.25, 0.3) is 0 Å². The number of hydrogen-bond acceptors (Lipinski definition) is 6. The van der Waals surface area contributed by atoms with Crippen molar-refractivity contribution in [3.8, 4) is 11.5 Å². The smallest absolute Gasteiger partial charge is 0.258 e. The van der Waals surface area contributed by atoms with Crippen molar-refractivity contribution in [3.05, 3.63) is 62.9 Å². The second-order valence-corrected chi connectivity index (χ2v) is 15.2. The topological polar surface area (TPSA) is 104 Å². The van der Waals surface area contributed by atoms with E-state index in [4.69, 9.17) is 27.9 Å². The lowest BCUT2D eigenvalue weighted by molar-refractivity contribution is -0.143. The third-order valence-electron chi connectivity index (χ3n) is 10.8. The number of carbonyl (C=O) groups is 4. The number of likely N-dealkylation sites (tertiary alicyclic amines) is 1. The van der Waals surface area contributed by atoms with Gasteiger partial charge < -0.3 is 9.84 Å². The zero-order valence-corrected chi connectivity index (χ0v) is 28.6. The van der Waals surface area contributed by atoms with Crippen LogP contribution >= 0.6 is 39.1 Å². The predicted molar refractivity (Wildman–Crippen MR) is 168 cm³/mol. The van der Waals surface area contributed by atoms with Gasteiger partial charge in [0.05, 0.1) is 18.9 Å². The highest BCUT2D eigenvalue weighted by Crippen LogP contribution is 2.67. The fraction of sp³-hybridized carbons (Fsp3) is 0.455. The SMILES string of the molecule is COc1cc(Br)cc(C2C3=CCC4C(=O)N(C5CCCCC5)C(=O)C4C3CC3(Cl)C(=O)N(c4c(F)c(F)c(F)c(F)c4F)C(=O)C23Cl)c1O. The van der Waals surface area contributed by atoms with E-state index < -0.39 is 104 Å². The lowest BCUT2D eigenvalue weighted by Crippen LogP contribution is -2.60. The van der Waals surface area contributed by atoms with Gasteiger partial charge in [0, 0.05) is 22.0 Å². The van der Waals surface area contributed by atoms with Crippen molar-refractivity contribution in [2.45, 2.75) is 66.7 Å². The van der Waals surface area contributed by atoms with Crippen LogP contribution < -0.4 is 9.64 Å². The van der Waals surface area contributed by atoms with E-state index in [1.54, 1.807) is 6.08 Å². The zero-order chi connectivity index (χ0) is 35.5. The molecule has 2 aromatic carbocycles. The molecule has 6 unspecified atom stereocenters. The molecule has 16 heteroatoms. The molecule has 2 saturated heterocycles. The second-order valence-electron chi connectivity index (χ2n) is 13.1. The van der Waals surface area contributed by atoms with E-state index in [1.165, 1.54) is 24.1 Å². The Labute approximate surface area is 294 Å². The number of nitrogens with zero attached hydrogens (tertiary/aromatic N) is 2. The highest BCUT2D eigenvalue weighted by atomic mass is 79.9. The van der Waals surface area contributed by atoms with Gasteiger partial charge in [-0.05, 0) is 43.7 Å². The van der Waals surface area contributed by atoms with Gasteiger partial charge in [-0.1, -0.05) is 46.8 Å². The van der Waals surface area contributed by atoms with E-state index in [9.17, 15) is 37.5 Å². The van der Waals surface area contributed by atoms with E-state index >= 15 is 8.78 Å². The third kappa shape index (κ3) is 4.44. The van der Waals surface area contributed by atoms with Crippen LogP contribution in [0.1, 0.15) is 56.4 Å². The van der Waals surface area contributed by atoms with E-state index in [0.717, 1.165) is 19.3 Å². The van der Waals surface area contributed by atoms with Crippen LogP contribution in [0, 0.1) is 46.8 Å². The van der Waals surface area contributed by atoms with Gasteiger partial charge in [-0.25, -0.2) is 26.9 Å². The maximum Gasteiger partial charge on any atom is 0.258 e. The Morgan fingerprint density at radius 2 is 1.49 bits per heavy atom. The van der Waals surface area contributed by atoms with E-state index in [0.29, 0.717) is 12.8 Å². The Balaban J connectivity index is 1.45. The number of hydrogen-bond donors (Lipinski definition) is 1. The molecule has 2 heterocycles. The number of aromatic hydroxyl groups is 1. The molecule has 6 atom stereocenters. The summed E-state index contributed by atoms with van der Waals surface area (Å²) in [4.78, 5) is 52.3. The molecule has 260 valence electrons. The lowest BCUT2D eigenvalue weighted by Gasteiger charge is -2.50. The van der Waals surface area contributed by atoms with Crippen LogP contribution in [0.5, 0.6) is 11.5 Å². The monoisotopic (exact) mass is 790 g/mol. The van der Waals surface area contributed by atoms with Crippen LogP contribution in [0.15, 0.2) is 28.3 Å². The number of phenolic OH excluding ortho intramolecular Hbond substituents is 1. The molecular weight excluding hydrogens is 766 g/mol. The largest absolute Gasteiger partial charge is 0.504 e. The standard InChI is InChI=1S/C33H26BrCl2F5N2O6/c1-49-18-10-12(34)9-16(27(18)44)20-14-7-8-15-19(29(46)42(28(15)45)13-5-3-2-4-6-13)17(14)11-32(35)30(47)43(31(48)33(20,32)36)26-24(40)22(38)21(37)23(39)25(26)41/h7,9-10,13,15,17,19-20,44H,2-6,8,11H2,1H3. The van der Waals surface area contributed by atoms with Gasteiger partial charge in [-0.2, -0.15) is 0 Å². The average Bonchev–Trinajstić information content (AvgIpc) is 3.42. The van der Waals surface area contributed by atoms with Crippen molar-refractivity contribution in [2.24, 2.45) is 17.8 Å². The highest BCUT2D eigenvalue weighted by Gasteiger charge is 2.77. The third-order valence-corrected chi connectivity index (χ3v) is 12.7. The summed E-state index contributed by atoms with van der Waals surface area (Å²) in [6, 6.07) is 2.38. The van der Waals surface area contributed by atoms with Crippen LogP contribution in [0.3, 0.4) is 0 Å². The first-order valence-electron chi connectivity index (χ1n) is 15.5. The number of alkyl halides is 2. The number of halogens is 8. The fourth-order valence-electron chi connectivity index (χ4n) is 8.61.